The number of rotatable bonds is 3. The van der Waals surface area contributed by atoms with Crippen molar-refractivity contribution < 1.29 is 0 Å². The fourth-order valence-electron chi connectivity index (χ4n) is 3.18. The van der Waals surface area contributed by atoms with Crippen LogP contribution in [0.3, 0.4) is 0 Å². The van der Waals surface area contributed by atoms with Crippen molar-refractivity contribution >= 4 is 43.5 Å². The molecule has 4 aromatic rings. The van der Waals surface area contributed by atoms with Gasteiger partial charge in [-0.1, -0.05) is 98.1 Å². The Kier molecular flexibility index (Phi) is 5.49. The largest absolute Gasteiger partial charge is 0.0837 e. The number of hydrogen-bond donors (Lipinski definition) is 0. The van der Waals surface area contributed by atoms with Crippen LogP contribution >= 0.6 is 43.5 Å². The molecule has 3 heteroatoms. The van der Waals surface area contributed by atoms with Gasteiger partial charge in [0.05, 0.1) is 0 Å². The average molecular weight is 499 g/mol. The average Bonchev–Trinajstić information content (AvgIpc) is 2.69. The molecule has 0 atom stereocenters. The van der Waals surface area contributed by atoms with Crippen LogP contribution in [-0.2, 0) is 0 Å². The third-order valence-electron chi connectivity index (χ3n) is 4.49. The summed E-state index contributed by atoms with van der Waals surface area (Å²) in [6.45, 7) is 0. The van der Waals surface area contributed by atoms with Gasteiger partial charge in [-0.2, -0.15) is 0 Å². The van der Waals surface area contributed by atoms with Crippen molar-refractivity contribution in [3.63, 3.8) is 0 Å². The van der Waals surface area contributed by atoms with E-state index in [-0.39, 0.29) is 0 Å². The van der Waals surface area contributed by atoms with Gasteiger partial charge in [-0.05, 0) is 64.2 Å². The summed E-state index contributed by atoms with van der Waals surface area (Å²) in [6, 6.07) is 31.1. The lowest BCUT2D eigenvalue weighted by molar-refractivity contribution is 1.54. The van der Waals surface area contributed by atoms with Gasteiger partial charge in [-0.3, -0.25) is 0 Å². The highest BCUT2D eigenvalue weighted by molar-refractivity contribution is 9.11. The van der Waals surface area contributed by atoms with Gasteiger partial charge < -0.3 is 0 Å². The van der Waals surface area contributed by atoms with E-state index in [2.05, 4.69) is 92.5 Å². The minimum absolute atomic E-state index is 0.750. The topological polar surface area (TPSA) is 0 Å². The van der Waals surface area contributed by atoms with E-state index in [4.69, 9.17) is 11.6 Å². The van der Waals surface area contributed by atoms with E-state index in [1.165, 1.54) is 0 Å². The minimum Gasteiger partial charge on any atom is -0.0837 e. The van der Waals surface area contributed by atoms with E-state index >= 15 is 0 Å². The fraction of sp³-hybridized carbons (Fsp3) is 0. The maximum Gasteiger partial charge on any atom is 0.0484 e. The summed E-state index contributed by atoms with van der Waals surface area (Å²) < 4.78 is 2.14. The second kappa shape index (κ2) is 8.02. The molecule has 132 valence electrons. The van der Waals surface area contributed by atoms with Gasteiger partial charge in [0.1, 0.15) is 0 Å². The van der Waals surface area contributed by atoms with Crippen LogP contribution in [0.25, 0.3) is 33.4 Å². The molecule has 0 bridgehead atoms. The van der Waals surface area contributed by atoms with E-state index in [0.29, 0.717) is 0 Å². The molecule has 27 heavy (non-hydrogen) atoms. The predicted octanol–water partition coefficient (Wildman–Crippen LogP) is 8.87. The van der Waals surface area contributed by atoms with Gasteiger partial charge in [0.25, 0.3) is 0 Å². The molecule has 0 heterocycles. The Morgan fingerprint density at radius 3 is 1.30 bits per heavy atom. The van der Waals surface area contributed by atoms with Crippen molar-refractivity contribution in [2.45, 2.75) is 0 Å². The Morgan fingerprint density at radius 1 is 0.481 bits per heavy atom. The second-order valence-corrected chi connectivity index (χ2v) is 8.35. The highest BCUT2D eigenvalue weighted by Crippen LogP contribution is 2.39. The monoisotopic (exact) mass is 496 g/mol. The summed E-state index contributed by atoms with van der Waals surface area (Å²) in [5.41, 5.74) is 6.72. The molecule has 0 aliphatic rings. The lowest BCUT2D eigenvalue weighted by Gasteiger charge is -2.14. The van der Waals surface area contributed by atoms with Crippen LogP contribution in [0.2, 0.25) is 5.02 Å². The smallest absolute Gasteiger partial charge is 0.0484 e. The molecular weight excluding hydrogens is 484 g/mol. The van der Waals surface area contributed by atoms with Crippen LogP contribution in [0.15, 0.2) is 99.9 Å². The lowest BCUT2D eigenvalue weighted by atomic mass is 9.93. The molecule has 0 amide bonds. The van der Waals surface area contributed by atoms with E-state index in [1.807, 2.05) is 30.3 Å². The Hall–Kier alpha value is -1.87. The molecule has 4 rings (SSSR count). The summed E-state index contributed by atoms with van der Waals surface area (Å²) in [6.07, 6.45) is 0. The van der Waals surface area contributed by atoms with Crippen LogP contribution in [0.5, 0.6) is 0 Å². The molecule has 0 spiro atoms. The Bertz CT molecular complexity index is 965. The second-order valence-electron chi connectivity index (χ2n) is 6.24. The summed E-state index contributed by atoms with van der Waals surface area (Å²) >= 11 is 13.9. The minimum atomic E-state index is 0.750. The first-order chi connectivity index (χ1) is 13.1. The Labute approximate surface area is 181 Å². The lowest BCUT2D eigenvalue weighted by Crippen LogP contribution is -1.88. The first kappa shape index (κ1) is 18.5. The van der Waals surface area contributed by atoms with Crippen LogP contribution in [0.1, 0.15) is 0 Å². The quantitative estimate of drug-likeness (QED) is 0.265. The summed E-state index contributed by atoms with van der Waals surface area (Å²) in [4.78, 5) is 0. The van der Waals surface area contributed by atoms with E-state index < -0.39 is 0 Å². The fourth-order valence-corrected chi connectivity index (χ4v) is 4.45. The molecule has 0 saturated carbocycles. The van der Waals surface area contributed by atoms with Gasteiger partial charge in [0.2, 0.25) is 0 Å². The van der Waals surface area contributed by atoms with E-state index in [1.54, 1.807) is 0 Å². The molecule has 0 aromatic heterocycles. The highest BCUT2D eigenvalue weighted by atomic mass is 79.9. The predicted molar refractivity (Wildman–Crippen MR) is 123 cm³/mol. The van der Waals surface area contributed by atoms with Crippen LogP contribution < -0.4 is 0 Å². The summed E-state index contributed by atoms with van der Waals surface area (Å²) in [5, 5.41) is 0.750. The number of hydrogen-bond acceptors (Lipinski definition) is 0. The molecule has 0 saturated heterocycles. The van der Waals surface area contributed by atoms with E-state index in [0.717, 1.165) is 47.3 Å². The van der Waals surface area contributed by atoms with Crippen molar-refractivity contribution in [3.05, 3.63) is 105 Å². The number of halogens is 3. The van der Waals surface area contributed by atoms with Gasteiger partial charge in [0.15, 0.2) is 0 Å². The maximum absolute atomic E-state index is 6.50. The van der Waals surface area contributed by atoms with Crippen LogP contribution in [0, 0.1) is 0 Å². The zero-order chi connectivity index (χ0) is 18.8. The van der Waals surface area contributed by atoms with Crippen LogP contribution in [-0.4, -0.2) is 0 Å². The third-order valence-corrected chi connectivity index (χ3v) is 6.20. The first-order valence-corrected chi connectivity index (χ1v) is 10.5. The standard InChI is InChI=1S/C24H15Br2Cl/c25-22-10-4-1-7-19(22)16-13-17(20-8-2-5-11-23(20)26)15-18(14-16)21-9-3-6-12-24(21)27/h1-15H. The molecule has 0 aliphatic heterocycles. The Balaban J connectivity index is 1.99. The molecule has 0 radical (unpaired) electrons. The zero-order valence-corrected chi connectivity index (χ0v) is 18.2. The number of benzene rings is 4. The van der Waals surface area contributed by atoms with Gasteiger partial charge in [0, 0.05) is 19.5 Å². The highest BCUT2D eigenvalue weighted by Gasteiger charge is 2.12. The van der Waals surface area contributed by atoms with Crippen molar-refractivity contribution in [3.8, 4) is 33.4 Å². The molecule has 4 aromatic carbocycles. The molecule has 0 nitrogen and oxygen atoms in total. The Morgan fingerprint density at radius 2 is 0.852 bits per heavy atom. The van der Waals surface area contributed by atoms with Crippen molar-refractivity contribution in [2.75, 3.05) is 0 Å². The molecule has 0 aliphatic carbocycles. The summed E-state index contributed by atoms with van der Waals surface area (Å²) in [7, 11) is 0. The third kappa shape index (κ3) is 3.89. The van der Waals surface area contributed by atoms with E-state index in [9.17, 15) is 0 Å². The zero-order valence-electron chi connectivity index (χ0n) is 14.3. The van der Waals surface area contributed by atoms with Gasteiger partial charge >= 0.3 is 0 Å². The normalized spacial score (nSPS) is 10.8. The first-order valence-electron chi connectivity index (χ1n) is 8.53. The molecule has 0 fully saturated rings. The maximum atomic E-state index is 6.50. The van der Waals surface area contributed by atoms with Crippen molar-refractivity contribution in [1.82, 2.24) is 0 Å². The summed E-state index contributed by atoms with van der Waals surface area (Å²) in [5.74, 6) is 0. The van der Waals surface area contributed by atoms with Crippen LogP contribution in [0.4, 0.5) is 0 Å². The molecular formula is C24H15Br2Cl. The van der Waals surface area contributed by atoms with Gasteiger partial charge in [-0.25, -0.2) is 0 Å². The van der Waals surface area contributed by atoms with Gasteiger partial charge in [-0.15, -0.1) is 0 Å². The SMILES string of the molecule is Clc1ccccc1-c1cc(-c2ccccc2Br)cc(-c2ccccc2Br)c1. The van der Waals surface area contributed by atoms with Crippen molar-refractivity contribution in [2.24, 2.45) is 0 Å². The molecule has 0 unspecified atom stereocenters. The molecule has 0 N–H and O–H groups in total. The van der Waals surface area contributed by atoms with Crippen molar-refractivity contribution in [1.29, 1.82) is 0 Å².